The Kier molecular flexibility index (Phi) is 4.10. The molecule has 2 rings (SSSR count). The van der Waals surface area contributed by atoms with Crippen molar-refractivity contribution in [1.82, 2.24) is 10.2 Å². The van der Waals surface area contributed by atoms with Gasteiger partial charge in [0, 0.05) is 40.9 Å². The Balaban J connectivity index is 2.20. The van der Waals surface area contributed by atoms with Crippen LogP contribution in [0.2, 0.25) is 0 Å². The molecule has 0 saturated heterocycles. The molecule has 3 nitrogen and oxygen atoms in total. The van der Waals surface area contributed by atoms with Gasteiger partial charge in [0.05, 0.1) is 12.0 Å². The first kappa shape index (κ1) is 13.9. The molecule has 19 heavy (non-hydrogen) atoms. The van der Waals surface area contributed by atoms with Crippen molar-refractivity contribution in [2.24, 2.45) is 10.9 Å². The van der Waals surface area contributed by atoms with Crippen molar-refractivity contribution in [1.29, 1.82) is 0 Å². The summed E-state index contributed by atoms with van der Waals surface area (Å²) in [5, 5.41) is 3.09. The second-order valence-electron chi connectivity index (χ2n) is 4.68. The Labute approximate surface area is 122 Å². The van der Waals surface area contributed by atoms with E-state index in [0.29, 0.717) is 5.92 Å². The molecule has 0 radical (unpaired) electrons. The number of rotatable bonds is 4. The highest BCUT2D eigenvalue weighted by atomic mass is 79.9. The molecule has 0 fully saturated rings. The zero-order valence-electron chi connectivity index (χ0n) is 11.3. The van der Waals surface area contributed by atoms with Crippen LogP contribution in [0.4, 0.5) is 5.69 Å². The second-order valence-corrected chi connectivity index (χ2v) is 5.60. The molecule has 4 heteroatoms. The Hall–Kier alpha value is -1.55. The lowest BCUT2D eigenvalue weighted by molar-refractivity contribution is 0.484. The Bertz CT molecular complexity index is 548. The van der Waals surface area contributed by atoms with E-state index in [9.17, 15) is 0 Å². The van der Waals surface area contributed by atoms with E-state index in [4.69, 9.17) is 0 Å². The second kappa shape index (κ2) is 5.61. The zero-order chi connectivity index (χ0) is 14.0. The van der Waals surface area contributed by atoms with E-state index in [0.717, 1.165) is 33.7 Å². The Morgan fingerprint density at radius 2 is 2.26 bits per heavy atom. The van der Waals surface area contributed by atoms with Crippen molar-refractivity contribution >= 4 is 33.7 Å². The van der Waals surface area contributed by atoms with Crippen LogP contribution in [0.5, 0.6) is 0 Å². The van der Waals surface area contributed by atoms with Crippen molar-refractivity contribution in [2.45, 2.75) is 6.92 Å². The maximum absolute atomic E-state index is 4.47. The number of fused-ring (bicyclic) bond motifs is 1. The van der Waals surface area contributed by atoms with Gasteiger partial charge < -0.3 is 10.2 Å². The summed E-state index contributed by atoms with van der Waals surface area (Å²) >= 11 is 3.49. The number of aliphatic imine (C=N–C) groups is 1. The zero-order valence-corrected chi connectivity index (χ0v) is 12.9. The highest BCUT2D eigenvalue weighted by Crippen LogP contribution is 2.33. The topological polar surface area (TPSA) is 27.6 Å². The number of hydrogen-bond acceptors (Lipinski definition) is 3. The molecule has 1 aromatic carbocycles. The lowest BCUT2D eigenvalue weighted by atomic mass is 10.0. The Morgan fingerprint density at radius 1 is 1.53 bits per heavy atom. The molecular weight excluding hydrogens is 302 g/mol. The van der Waals surface area contributed by atoms with Crippen LogP contribution < -0.4 is 5.32 Å². The van der Waals surface area contributed by atoms with Gasteiger partial charge in [0.2, 0.25) is 0 Å². The van der Waals surface area contributed by atoms with E-state index >= 15 is 0 Å². The molecule has 100 valence electrons. The van der Waals surface area contributed by atoms with E-state index in [1.807, 2.05) is 25.5 Å². The third kappa shape index (κ3) is 2.89. The minimum atomic E-state index is 0.321. The van der Waals surface area contributed by atoms with Crippen LogP contribution in [0.1, 0.15) is 12.5 Å². The standard InChI is InChI=1S/C15H18BrN3/c1-10(11(2)17-4)8-19-9-18-15-6-5-13(16)7-14(15)12(19)3/h5-7,9-10,17H,2-3,8H2,1,4H3. The van der Waals surface area contributed by atoms with E-state index in [2.05, 4.69) is 57.3 Å². The van der Waals surface area contributed by atoms with Gasteiger partial charge >= 0.3 is 0 Å². The summed E-state index contributed by atoms with van der Waals surface area (Å²) in [6, 6.07) is 6.04. The van der Waals surface area contributed by atoms with Gasteiger partial charge in [0.1, 0.15) is 0 Å². The first-order chi connectivity index (χ1) is 9.02. The summed E-state index contributed by atoms with van der Waals surface area (Å²) in [6.45, 7) is 11.1. The van der Waals surface area contributed by atoms with Crippen LogP contribution in [-0.4, -0.2) is 24.8 Å². The van der Waals surface area contributed by atoms with E-state index < -0.39 is 0 Å². The summed E-state index contributed by atoms with van der Waals surface area (Å²) in [4.78, 5) is 6.54. The molecule has 1 aliphatic heterocycles. The summed E-state index contributed by atoms with van der Waals surface area (Å²) in [5.41, 5.74) is 4.02. The molecular formula is C15H18BrN3. The molecule has 0 saturated carbocycles. The number of benzene rings is 1. The minimum absolute atomic E-state index is 0.321. The van der Waals surface area contributed by atoms with Crippen LogP contribution in [0.25, 0.3) is 5.70 Å². The molecule has 1 aromatic rings. The normalized spacial score (nSPS) is 15.1. The maximum atomic E-state index is 4.47. The van der Waals surface area contributed by atoms with Gasteiger partial charge in [-0.25, -0.2) is 4.99 Å². The van der Waals surface area contributed by atoms with Crippen molar-refractivity contribution in [3.63, 3.8) is 0 Å². The smallest absolute Gasteiger partial charge is 0.0957 e. The van der Waals surface area contributed by atoms with Crippen molar-refractivity contribution in [3.8, 4) is 0 Å². The Morgan fingerprint density at radius 3 is 2.95 bits per heavy atom. The maximum Gasteiger partial charge on any atom is 0.0957 e. The molecule has 1 atom stereocenters. The van der Waals surface area contributed by atoms with E-state index in [1.165, 1.54) is 0 Å². The number of halogens is 1. The van der Waals surface area contributed by atoms with Crippen molar-refractivity contribution in [2.75, 3.05) is 13.6 Å². The van der Waals surface area contributed by atoms with Gasteiger partial charge in [0.25, 0.3) is 0 Å². The molecule has 0 bridgehead atoms. The summed E-state index contributed by atoms with van der Waals surface area (Å²) < 4.78 is 1.04. The predicted molar refractivity (Wildman–Crippen MR) is 85.4 cm³/mol. The minimum Gasteiger partial charge on any atom is -0.392 e. The fourth-order valence-corrected chi connectivity index (χ4v) is 2.38. The molecule has 0 amide bonds. The third-order valence-corrected chi connectivity index (χ3v) is 3.83. The lowest BCUT2D eigenvalue weighted by Crippen LogP contribution is -2.30. The van der Waals surface area contributed by atoms with Crippen LogP contribution in [0.15, 0.2) is 46.5 Å². The molecule has 1 unspecified atom stereocenters. The van der Waals surface area contributed by atoms with Crippen LogP contribution >= 0.6 is 15.9 Å². The SMILES string of the molecule is C=C(NC)C(C)CN1C=Nc2ccc(Br)cc2C1=C. The number of nitrogens with zero attached hydrogens (tertiary/aromatic N) is 2. The van der Waals surface area contributed by atoms with Crippen LogP contribution in [-0.2, 0) is 0 Å². The van der Waals surface area contributed by atoms with Crippen LogP contribution in [0, 0.1) is 5.92 Å². The number of hydrogen-bond donors (Lipinski definition) is 1. The summed E-state index contributed by atoms with van der Waals surface area (Å²) in [7, 11) is 1.89. The molecule has 1 aliphatic rings. The summed E-state index contributed by atoms with van der Waals surface area (Å²) in [6.07, 6.45) is 1.85. The van der Waals surface area contributed by atoms with Crippen LogP contribution in [0.3, 0.4) is 0 Å². The largest absolute Gasteiger partial charge is 0.392 e. The van der Waals surface area contributed by atoms with Crippen molar-refractivity contribution < 1.29 is 0 Å². The highest BCUT2D eigenvalue weighted by molar-refractivity contribution is 9.10. The van der Waals surface area contributed by atoms with E-state index in [1.54, 1.807) is 0 Å². The molecule has 0 aliphatic carbocycles. The predicted octanol–water partition coefficient (Wildman–Crippen LogP) is 3.76. The highest BCUT2D eigenvalue weighted by Gasteiger charge is 2.19. The van der Waals surface area contributed by atoms with Gasteiger partial charge in [-0.2, -0.15) is 0 Å². The molecule has 0 spiro atoms. The third-order valence-electron chi connectivity index (χ3n) is 3.34. The van der Waals surface area contributed by atoms with Crippen molar-refractivity contribution in [3.05, 3.63) is 47.1 Å². The average Bonchev–Trinajstić information content (AvgIpc) is 2.41. The monoisotopic (exact) mass is 319 g/mol. The first-order valence-electron chi connectivity index (χ1n) is 6.19. The fraction of sp³-hybridized carbons (Fsp3) is 0.267. The first-order valence-corrected chi connectivity index (χ1v) is 6.98. The summed E-state index contributed by atoms with van der Waals surface area (Å²) in [5.74, 6) is 0.321. The fourth-order valence-electron chi connectivity index (χ4n) is 2.02. The molecule has 1 N–H and O–H groups in total. The average molecular weight is 320 g/mol. The number of nitrogens with one attached hydrogen (secondary N) is 1. The molecule has 1 heterocycles. The van der Waals surface area contributed by atoms with Gasteiger partial charge in [-0.1, -0.05) is 36.0 Å². The van der Waals surface area contributed by atoms with E-state index in [-0.39, 0.29) is 0 Å². The quantitative estimate of drug-likeness (QED) is 0.915. The molecule has 0 aromatic heterocycles. The van der Waals surface area contributed by atoms with Gasteiger partial charge in [-0.15, -0.1) is 0 Å². The van der Waals surface area contributed by atoms with Gasteiger partial charge in [0.15, 0.2) is 0 Å². The lowest BCUT2D eigenvalue weighted by Gasteiger charge is -2.29. The van der Waals surface area contributed by atoms with Gasteiger partial charge in [-0.3, -0.25) is 0 Å². The van der Waals surface area contributed by atoms with Gasteiger partial charge in [-0.05, 0) is 18.2 Å².